The highest BCUT2D eigenvalue weighted by molar-refractivity contribution is 5.35. The molecule has 1 aromatic rings. The summed E-state index contributed by atoms with van der Waals surface area (Å²) in [6.07, 6.45) is 2.04. The molecule has 4 heteroatoms. The van der Waals surface area contributed by atoms with Crippen LogP contribution in [0.3, 0.4) is 0 Å². The molecule has 3 N–H and O–H groups in total. The van der Waals surface area contributed by atoms with Crippen molar-refractivity contribution in [3.63, 3.8) is 0 Å². The number of nitrogens with one attached hydrogen (secondary N) is 1. The zero-order chi connectivity index (χ0) is 13.7. The van der Waals surface area contributed by atoms with Crippen LogP contribution in [0.25, 0.3) is 0 Å². The predicted molar refractivity (Wildman–Crippen MR) is 74.1 cm³/mol. The third kappa shape index (κ3) is 5.19. The van der Waals surface area contributed by atoms with E-state index in [0.717, 1.165) is 23.7 Å². The van der Waals surface area contributed by atoms with Crippen LogP contribution in [0.1, 0.15) is 24.0 Å². The van der Waals surface area contributed by atoms with E-state index in [9.17, 15) is 10.2 Å². The fourth-order valence-electron chi connectivity index (χ4n) is 1.94. The van der Waals surface area contributed by atoms with Crippen LogP contribution in [-0.2, 0) is 11.3 Å². The third-order valence-electron chi connectivity index (χ3n) is 3.29. The Bertz CT molecular complexity index is 404. The standard InChI is InChI=1S/C15H23NO3/c1-11-2-5-15(18)13(6-11)7-16-8-14(17)10-19-9-12-3-4-12/h2,5-6,12,14,16-18H,3-4,7-10H2,1H3. The van der Waals surface area contributed by atoms with E-state index < -0.39 is 6.10 Å². The molecule has 0 saturated heterocycles. The lowest BCUT2D eigenvalue weighted by atomic mass is 10.1. The number of rotatable bonds is 8. The van der Waals surface area contributed by atoms with Crippen molar-refractivity contribution in [3.8, 4) is 5.75 Å². The second kappa shape index (κ2) is 6.89. The average molecular weight is 265 g/mol. The Kier molecular flexibility index (Phi) is 5.19. The molecule has 1 atom stereocenters. The van der Waals surface area contributed by atoms with Gasteiger partial charge in [-0.15, -0.1) is 0 Å². The highest BCUT2D eigenvalue weighted by atomic mass is 16.5. The summed E-state index contributed by atoms with van der Waals surface area (Å²) in [5, 5.41) is 22.6. The van der Waals surface area contributed by atoms with Crippen molar-refractivity contribution < 1.29 is 14.9 Å². The van der Waals surface area contributed by atoms with E-state index in [1.54, 1.807) is 6.07 Å². The number of phenols is 1. The van der Waals surface area contributed by atoms with Crippen molar-refractivity contribution in [2.45, 2.75) is 32.4 Å². The van der Waals surface area contributed by atoms with Gasteiger partial charge in [0.2, 0.25) is 0 Å². The van der Waals surface area contributed by atoms with Gasteiger partial charge in [-0.25, -0.2) is 0 Å². The summed E-state index contributed by atoms with van der Waals surface area (Å²) in [4.78, 5) is 0. The molecule has 19 heavy (non-hydrogen) atoms. The van der Waals surface area contributed by atoms with Gasteiger partial charge in [-0.3, -0.25) is 0 Å². The smallest absolute Gasteiger partial charge is 0.120 e. The first-order chi connectivity index (χ1) is 9.15. The minimum atomic E-state index is -0.495. The Hall–Kier alpha value is -1.10. The largest absolute Gasteiger partial charge is 0.508 e. The van der Waals surface area contributed by atoms with E-state index in [1.165, 1.54) is 12.8 Å². The van der Waals surface area contributed by atoms with E-state index in [4.69, 9.17) is 4.74 Å². The summed E-state index contributed by atoms with van der Waals surface area (Å²) in [5.74, 6) is 1.02. The summed E-state index contributed by atoms with van der Waals surface area (Å²) >= 11 is 0. The monoisotopic (exact) mass is 265 g/mol. The number of aliphatic hydroxyl groups is 1. The lowest BCUT2D eigenvalue weighted by molar-refractivity contribution is 0.0324. The Morgan fingerprint density at radius 1 is 1.42 bits per heavy atom. The second-order valence-electron chi connectivity index (χ2n) is 5.40. The van der Waals surface area contributed by atoms with Gasteiger partial charge >= 0.3 is 0 Å². The summed E-state index contributed by atoms with van der Waals surface area (Å²) in [6.45, 7) is 4.16. The molecule has 0 heterocycles. The fraction of sp³-hybridized carbons (Fsp3) is 0.600. The maximum absolute atomic E-state index is 9.73. The van der Waals surface area contributed by atoms with Gasteiger partial charge in [0.25, 0.3) is 0 Å². The van der Waals surface area contributed by atoms with Gasteiger partial charge in [-0.05, 0) is 31.7 Å². The molecule has 0 amide bonds. The quantitative estimate of drug-likeness (QED) is 0.668. The van der Waals surface area contributed by atoms with E-state index in [0.29, 0.717) is 19.7 Å². The molecule has 2 rings (SSSR count). The van der Waals surface area contributed by atoms with Crippen LogP contribution >= 0.6 is 0 Å². The SMILES string of the molecule is Cc1ccc(O)c(CNCC(O)COCC2CC2)c1. The van der Waals surface area contributed by atoms with Gasteiger partial charge in [0, 0.05) is 25.3 Å². The number of hydrogen-bond donors (Lipinski definition) is 3. The molecular weight excluding hydrogens is 242 g/mol. The van der Waals surface area contributed by atoms with Crippen molar-refractivity contribution in [1.82, 2.24) is 5.32 Å². The minimum absolute atomic E-state index is 0.289. The van der Waals surface area contributed by atoms with Crippen LogP contribution in [0.5, 0.6) is 5.75 Å². The van der Waals surface area contributed by atoms with E-state index in [1.807, 2.05) is 19.1 Å². The Balaban J connectivity index is 1.62. The fourth-order valence-corrected chi connectivity index (χ4v) is 1.94. The van der Waals surface area contributed by atoms with Crippen molar-refractivity contribution >= 4 is 0 Å². The maximum atomic E-state index is 9.73. The first-order valence-electron chi connectivity index (χ1n) is 6.90. The number of benzene rings is 1. The minimum Gasteiger partial charge on any atom is -0.508 e. The highest BCUT2D eigenvalue weighted by Crippen LogP contribution is 2.28. The summed E-state index contributed by atoms with van der Waals surface area (Å²) in [7, 11) is 0. The Morgan fingerprint density at radius 2 is 2.21 bits per heavy atom. The van der Waals surface area contributed by atoms with Crippen LogP contribution < -0.4 is 5.32 Å². The molecule has 1 fully saturated rings. The molecule has 0 spiro atoms. The average Bonchev–Trinajstić information content (AvgIpc) is 3.18. The number of aryl methyl sites for hydroxylation is 1. The molecule has 0 bridgehead atoms. The number of phenolic OH excluding ortho intramolecular Hbond substituents is 1. The lowest BCUT2D eigenvalue weighted by Crippen LogP contribution is -2.30. The highest BCUT2D eigenvalue weighted by Gasteiger charge is 2.21. The van der Waals surface area contributed by atoms with Crippen LogP contribution in [-0.4, -0.2) is 36.1 Å². The number of ether oxygens (including phenoxy) is 1. The van der Waals surface area contributed by atoms with Crippen molar-refractivity contribution in [2.75, 3.05) is 19.8 Å². The first-order valence-corrected chi connectivity index (χ1v) is 6.90. The first kappa shape index (κ1) is 14.3. The normalized spacial score (nSPS) is 16.5. The van der Waals surface area contributed by atoms with Crippen LogP contribution in [0, 0.1) is 12.8 Å². The van der Waals surface area contributed by atoms with Crippen molar-refractivity contribution in [2.24, 2.45) is 5.92 Å². The van der Waals surface area contributed by atoms with Crippen molar-refractivity contribution in [3.05, 3.63) is 29.3 Å². The molecule has 1 aromatic carbocycles. The zero-order valence-corrected chi connectivity index (χ0v) is 11.4. The van der Waals surface area contributed by atoms with Crippen LogP contribution in [0.4, 0.5) is 0 Å². The zero-order valence-electron chi connectivity index (χ0n) is 11.4. The molecule has 1 aliphatic carbocycles. The molecule has 1 unspecified atom stereocenters. The molecule has 106 valence electrons. The topological polar surface area (TPSA) is 61.7 Å². The van der Waals surface area contributed by atoms with Gasteiger partial charge in [0.05, 0.1) is 12.7 Å². The lowest BCUT2D eigenvalue weighted by Gasteiger charge is -2.13. The molecule has 0 aromatic heterocycles. The van der Waals surface area contributed by atoms with Gasteiger partial charge in [-0.2, -0.15) is 0 Å². The van der Waals surface area contributed by atoms with E-state index >= 15 is 0 Å². The van der Waals surface area contributed by atoms with E-state index in [-0.39, 0.29) is 5.75 Å². The number of aromatic hydroxyl groups is 1. The molecule has 0 radical (unpaired) electrons. The molecule has 0 aliphatic heterocycles. The maximum Gasteiger partial charge on any atom is 0.120 e. The van der Waals surface area contributed by atoms with Gasteiger partial charge in [0.1, 0.15) is 5.75 Å². The Labute approximate surface area is 114 Å². The summed E-state index contributed by atoms with van der Waals surface area (Å²) in [6, 6.07) is 5.51. The molecular formula is C15H23NO3. The van der Waals surface area contributed by atoms with Gasteiger partial charge < -0.3 is 20.3 Å². The summed E-state index contributed by atoms with van der Waals surface area (Å²) in [5.41, 5.74) is 1.97. The molecule has 1 aliphatic rings. The number of aliphatic hydroxyl groups excluding tert-OH is 1. The third-order valence-corrected chi connectivity index (χ3v) is 3.29. The van der Waals surface area contributed by atoms with Crippen LogP contribution in [0.15, 0.2) is 18.2 Å². The second-order valence-corrected chi connectivity index (χ2v) is 5.40. The van der Waals surface area contributed by atoms with Crippen molar-refractivity contribution in [1.29, 1.82) is 0 Å². The van der Waals surface area contributed by atoms with Gasteiger partial charge in [-0.1, -0.05) is 17.7 Å². The van der Waals surface area contributed by atoms with E-state index in [2.05, 4.69) is 5.32 Å². The molecule has 1 saturated carbocycles. The Morgan fingerprint density at radius 3 is 2.95 bits per heavy atom. The predicted octanol–water partition coefficient (Wildman–Crippen LogP) is 1.58. The summed E-state index contributed by atoms with van der Waals surface area (Å²) < 4.78 is 5.43. The number of hydrogen-bond acceptors (Lipinski definition) is 4. The molecule has 4 nitrogen and oxygen atoms in total. The van der Waals surface area contributed by atoms with Gasteiger partial charge in [0.15, 0.2) is 0 Å². The van der Waals surface area contributed by atoms with Crippen LogP contribution in [0.2, 0.25) is 0 Å².